The summed E-state index contributed by atoms with van der Waals surface area (Å²) in [6.45, 7) is 2.65. The molecule has 4 rings (SSSR count). The van der Waals surface area contributed by atoms with Crippen LogP contribution in [0.25, 0.3) is 21.2 Å². The maximum absolute atomic E-state index is 12.4. The molecule has 0 aliphatic rings. The van der Waals surface area contributed by atoms with Gasteiger partial charge in [-0.3, -0.25) is 4.79 Å². The van der Waals surface area contributed by atoms with Gasteiger partial charge in [0.05, 0.1) is 15.7 Å². The van der Waals surface area contributed by atoms with E-state index in [0.29, 0.717) is 12.1 Å². The SMILES string of the molecule is CCCCc1cc2ccc(CNC(=O)c3ccc4ncsc4c3)cc2o1. The van der Waals surface area contributed by atoms with Crippen molar-refractivity contribution in [1.29, 1.82) is 0 Å². The molecule has 2 heterocycles. The number of nitrogens with zero attached hydrogens (tertiary/aromatic N) is 1. The van der Waals surface area contributed by atoms with E-state index >= 15 is 0 Å². The number of aryl methyl sites for hydroxylation is 1. The number of fused-ring (bicyclic) bond motifs is 2. The second-order valence-electron chi connectivity index (χ2n) is 6.41. The fourth-order valence-electron chi connectivity index (χ4n) is 3.00. The highest BCUT2D eigenvalue weighted by Gasteiger charge is 2.09. The van der Waals surface area contributed by atoms with E-state index in [0.717, 1.165) is 51.8 Å². The molecule has 132 valence electrons. The Labute approximate surface area is 155 Å². The molecule has 0 unspecified atom stereocenters. The first-order valence-corrected chi connectivity index (χ1v) is 9.73. The highest BCUT2D eigenvalue weighted by molar-refractivity contribution is 7.16. The van der Waals surface area contributed by atoms with E-state index in [1.807, 2.05) is 30.3 Å². The first-order valence-electron chi connectivity index (χ1n) is 8.86. The lowest BCUT2D eigenvalue weighted by Gasteiger charge is -2.05. The highest BCUT2D eigenvalue weighted by Crippen LogP contribution is 2.22. The van der Waals surface area contributed by atoms with E-state index in [1.54, 1.807) is 5.51 Å². The van der Waals surface area contributed by atoms with Crippen LogP contribution in [-0.2, 0) is 13.0 Å². The maximum Gasteiger partial charge on any atom is 0.251 e. The van der Waals surface area contributed by atoms with Crippen LogP contribution in [0.2, 0.25) is 0 Å². The van der Waals surface area contributed by atoms with Crippen LogP contribution in [0.15, 0.2) is 52.4 Å². The van der Waals surface area contributed by atoms with Gasteiger partial charge in [-0.25, -0.2) is 4.98 Å². The lowest BCUT2D eigenvalue weighted by Crippen LogP contribution is -2.22. The van der Waals surface area contributed by atoms with Crippen LogP contribution in [0.4, 0.5) is 0 Å². The largest absolute Gasteiger partial charge is 0.461 e. The lowest BCUT2D eigenvalue weighted by atomic mass is 10.1. The molecular weight excluding hydrogens is 344 g/mol. The van der Waals surface area contributed by atoms with Crippen molar-refractivity contribution in [2.75, 3.05) is 0 Å². The minimum Gasteiger partial charge on any atom is -0.461 e. The molecule has 1 amide bonds. The lowest BCUT2D eigenvalue weighted by molar-refractivity contribution is 0.0951. The molecule has 0 fully saturated rings. The van der Waals surface area contributed by atoms with Crippen molar-refractivity contribution in [2.45, 2.75) is 32.7 Å². The standard InChI is InChI=1S/C21H20N2O2S/c1-2-3-4-17-10-15-6-5-14(9-19(15)25-17)12-22-21(24)16-7-8-18-20(11-16)26-13-23-18/h5-11,13H,2-4,12H2,1H3,(H,22,24). The summed E-state index contributed by atoms with van der Waals surface area (Å²) in [5, 5.41) is 4.09. The Morgan fingerprint density at radius 1 is 1.19 bits per heavy atom. The average molecular weight is 364 g/mol. The molecule has 0 radical (unpaired) electrons. The van der Waals surface area contributed by atoms with E-state index in [4.69, 9.17) is 4.42 Å². The summed E-state index contributed by atoms with van der Waals surface area (Å²) in [5.74, 6) is 0.948. The predicted molar refractivity (Wildman–Crippen MR) is 106 cm³/mol. The van der Waals surface area contributed by atoms with Crippen LogP contribution in [0.3, 0.4) is 0 Å². The van der Waals surface area contributed by atoms with Crippen molar-refractivity contribution < 1.29 is 9.21 Å². The van der Waals surface area contributed by atoms with Crippen molar-refractivity contribution in [3.63, 3.8) is 0 Å². The molecule has 4 aromatic rings. The number of carbonyl (C=O) groups is 1. The van der Waals surface area contributed by atoms with Gasteiger partial charge in [0.25, 0.3) is 5.91 Å². The monoisotopic (exact) mass is 364 g/mol. The van der Waals surface area contributed by atoms with Crippen molar-refractivity contribution in [1.82, 2.24) is 10.3 Å². The molecule has 0 atom stereocenters. The minimum atomic E-state index is -0.0801. The van der Waals surface area contributed by atoms with Gasteiger partial charge in [0.1, 0.15) is 11.3 Å². The fourth-order valence-corrected chi connectivity index (χ4v) is 3.71. The zero-order valence-corrected chi connectivity index (χ0v) is 15.4. The number of unbranched alkanes of at least 4 members (excludes halogenated alkanes) is 1. The van der Waals surface area contributed by atoms with Crippen molar-refractivity contribution in [3.05, 3.63) is 64.9 Å². The molecule has 0 aliphatic carbocycles. The van der Waals surface area contributed by atoms with Gasteiger partial charge in [-0.05, 0) is 42.3 Å². The first-order chi connectivity index (χ1) is 12.7. The second kappa shape index (κ2) is 7.30. The third kappa shape index (κ3) is 3.48. The average Bonchev–Trinajstić information content (AvgIpc) is 3.29. The van der Waals surface area contributed by atoms with Gasteiger partial charge >= 0.3 is 0 Å². The zero-order valence-electron chi connectivity index (χ0n) is 14.6. The molecule has 0 aliphatic heterocycles. The first kappa shape index (κ1) is 16.8. The molecule has 0 saturated carbocycles. The van der Waals surface area contributed by atoms with Crippen LogP contribution >= 0.6 is 11.3 Å². The Balaban J connectivity index is 1.45. The number of hydrogen-bond donors (Lipinski definition) is 1. The summed E-state index contributed by atoms with van der Waals surface area (Å²) < 4.78 is 6.95. The molecule has 0 saturated heterocycles. The number of benzene rings is 2. The number of hydrogen-bond acceptors (Lipinski definition) is 4. The van der Waals surface area contributed by atoms with Crippen LogP contribution in [-0.4, -0.2) is 10.9 Å². The normalized spacial score (nSPS) is 11.3. The van der Waals surface area contributed by atoms with E-state index in [-0.39, 0.29) is 5.91 Å². The van der Waals surface area contributed by atoms with Gasteiger partial charge in [-0.1, -0.05) is 25.5 Å². The Bertz CT molecular complexity index is 1060. The van der Waals surface area contributed by atoms with E-state index in [9.17, 15) is 4.79 Å². The molecule has 5 heteroatoms. The summed E-state index contributed by atoms with van der Waals surface area (Å²) in [6, 6.07) is 13.8. The van der Waals surface area contributed by atoms with E-state index in [2.05, 4.69) is 29.4 Å². The summed E-state index contributed by atoms with van der Waals surface area (Å²) in [6.07, 6.45) is 3.26. The van der Waals surface area contributed by atoms with Crippen molar-refractivity contribution >= 4 is 38.4 Å². The number of carbonyl (C=O) groups excluding carboxylic acids is 1. The predicted octanol–water partition coefficient (Wildman–Crippen LogP) is 5.32. The maximum atomic E-state index is 12.4. The summed E-state index contributed by atoms with van der Waals surface area (Å²) in [4.78, 5) is 16.7. The second-order valence-corrected chi connectivity index (χ2v) is 7.29. The van der Waals surface area contributed by atoms with Gasteiger partial charge in [-0.15, -0.1) is 11.3 Å². The molecule has 0 bridgehead atoms. The number of furan rings is 1. The molecule has 2 aromatic carbocycles. The van der Waals surface area contributed by atoms with Gasteiger partial charge in [0, 0.05) is 23.9 Å². The molecule has 0 spiro atoms. The van der Waals surface area contributed by atoms with E-state index < -0.39 is 0 Å². The smallest absolute Gasteiger partial charge is 0.251 e. The van der Waals surface area contributed by atoms with Gasteiger partial charge < -0.3 is 9.73 Å². The Morgan fingerprint density at radius 3 is 3.00 bits per heavy atom. The van der Waals surface area contributed by atoms with Gasteiger partial charge in [0.2, 0.25) is 0 Å². The number of aromatic nitrogens is 1. The number of thiazole rings is 1. The summed E-state index contributed by atoms with van der Waals surface area (Å²) in [5.41, 5.74) is 5.28. The Morgan fingerprint density at radius 2 is 2.12 bits per heavy atom. The summed E-state index contributed by atoms with van der Waals surface area (Å²) in [7, 11) is 0. The Kier molecular flexibility index (Phi) is 4.71. The van der Waals surface area contributed by atoms with E-state index in [1.165, 1.54) is 11.3 Å². The van der Waals surface area contributed by atoms with Crippen LogP contribution in [0.5, 0.6) is 0 Å². The van der Waals surface area contributed by atoms with Gasteiger partial charge in [0.15, 0.2) is 0 Å². The van der Waals surface area contributed by atoms with Crippen molar-refractivity contribution in [3.8, 4) is 0 Å². The summed E-state index contributed by atoms with van der Waals surface area (Å²) >= 11 is 1.54. The molecule has 4 nitrogen and oxygen atoms in total. The zero-order chi connectivity index (χ0) is 17.9. The topological polar surface area (TPSA) is 55.1 Å². The molecule has 2 aromatic heterocycles. The number of amides is 1. The molecule has 26 heavy (non-hydrogen) atoms. The number of nitrogens with one attached hydrogen (secondary N) is 1. The van der Waals surface area contributed by atoms with Crippen LogP contribution in [0.1, 0.15) is 41.4 Å². The highest BCUT2D eigenvalue weighted by atomic mass is 32.1. The number of rotatable bonds is 6. The Hall–Kier alpha value is -2.66. The molecule has 1 N–H and O–H groups in total. The molecular formula is C21H20N2O2S. The van der Waals surface area contributed by atoms with Crippen LogP contribution < -0.4 is 5.32 Å². The quantitative estimate of drug-likeness (QED) is 0.504. The van der Waals surface area contributed by atoms with Crippen molar-refractivity contribution in [2.24, 2.45) is 0 Å². The third-order valence-corrected chi connectivity index (χ3v) is 5.25. The van der Waals surface area contributed by atoms with Crippen LogP contribution in [0, 0.1) is 0 Å². The third-order valence-electron chi connectivity index (χ3n) is 4.46. The minimum absolute atomic E-state index is 0.0801. The van der Waals surface area contributed by atoms with Gasteiger partial charge in [-0.2, -0.15) is 0 Å². The fraction of sp³-hybridized carbons (Fsp3) is 0.238.